The average molecular weight is 564 g/mol. The summed E-state index contributed by atoms with van der Waals surface area (Å²) in [6, 6.07) is 20.5. The van der Waals surface area contributed by atoms with E-state index in [9.17, 15) is 18.0 Å². The molecule has 1 atom stereocenters. The standard InChI is InChI=1S/C32H41N3O4S/c1-6-8-19-33-32(37)30(7-2)34(22-27-14-12-13-24(3)20-27)31(36)23-35(28-18-17-25(4)26(5)21-28)40(38,39)29-15-10-9-11-16-29/h9-18,20-21,30H,6-8,19,22-23H2,1-5H3,(H,33,37)/t30-/m0/s1. The highest BCUT2D eigenvalue weighted by Gasteiger charge is 2.33. The number of nitrogens with zero attached hydrogens (tertiary/aromatic N) is 2. The van der Waals surface area contributed by atoms with Crippen LogP contribution in [0.4, 0.5) is 5.69 Å². The SMILES string of the molecule is CCCCNC(=O)[C@H](CC)N(Cc1cccc(C)c1)C(=O)CN(c1ccc(C)c(C)c1)S(=O)(=O)c1ccccc1. The Morgan fingerprint density at radius 3 is 2.23 bits per heavy atom. The number of hydrogen-bond donors (Lipinski definition) is 1. The molecule has 214 valence electrons. The molecule has 1 N–H and O–H groups in total. The third-order valence-electron chi connectivity index (χ3n) is 7.04. The van der Waals surface area contributed by atoms with Gasteiger partial charge in [0.1, 0.15) is 12.6 Å². The van der Waals surface area contributed by atoms with E-state index in [0.717, 1.165) is 39.4 Å². The van der Waals surface area contributed by atoms with E-state index in [1.54, 1.807) is 30.3 Å². The van der Waals surface area contributed by atoms with Gasteiger partial charge in [0.2, 0.25) is 11.8 Å². The number of sulfonamides is 1. The monoisotopic (exact) mass is 563 g/mol. The van der Waals surface area contributed by atoms with E-state index >= 15 is 0 Å². The predicted molar refractivity (Wildman–Crippen MR) is 161 cm³/mol. The minimum atomic E-state index is -4.08. The second kappa shape index (κ2) is 14.1. The number of unbranched alkanes of at least 4 members (excludes halogenated alkanes) is 1. The molecule has 0 aliphatic heterocycles. The van der Waals surface area contributed by atoms with Crippen LogP contribution in [0, 0.1) is 20.8 Å². The molecule has 0 aliphatic carbocycles. The van der Waals surface area contributed by atoms with Crippen LogP contribution in [0.1, 0.15) is 55.4 Å². The van der Waals surface area contributed by atoms with Crippen LogP contribution in [-0.4, -0.2) is 44.3 Å². The number of carbonyl (C=O) groups is 2. The van der Waals surface area contributed by atoms with Crippen molar-refractivity contribution in [1.29, 1.82) is 0 Å². The van der Waals surface area contributed by atoms with Crippen LogP contribution in [0.5, 0.6) is 0 Å². The molecular formula is C32H41N3O4S. The van der Waals surface area contributed by atoms with E-state index in [1.807, 2.05) is 65.0 Å². The number of hydrogen-bond acceptors (Lipinski definition) is 4. The molecule has 3 aromatic carbocycles. The summed E-state index contributed by atoms with van der Waals surface area (Å²) in [5.74, 6) is -0.683. The lowest BCUT2D eigenvalue weighted by molar-refractivity contribution is -0.140. The van der Waals surface area contributed by atoms with Crippen molar-refractivity contribution in [2.75, 3.05) is 17.4 Å². The number of anilines is 1. The van der Waals surface area contributed by atoms with Crippen molar-refractivity contribution in [3.8, 4) is 0 Å². The molecule has 2 amide bonds. The maximum absolute atomic E-state index is 14.1. The number of benzene rings is 3. The second-order valence-electron chi connectivity index (χ2n) is 10.2. The summed E-state index contributed by atoms with van der Waals surface area (Å²) in [7, 11) is -4.08. The van der Waals surface area contributed by atoms with Gasteiger partial charge in [0, 0.05) is 13.1 Å². The second-order valence-corrected chi connectivity index (χ2v) is 12.0. The molecule has 3 aromatic rings. The lowest BCUT2D eigenvalue weighted by Gasteiger charge is -2.33. The number of rotatable bonds is 13. The largest absolute Gasteiger partial charge is 0.354 e. The van der Waals surface area contributed by atoms with E-state index in [-0.39, 0.29) is 17.3 Å². The third kappa shape index (κ3) is 7.72. The number of carbonyl (C=O) groups excluding carboxylic acids is 2. The highest BCUT2D eigenvalue weighted by molar-refractivity contribution is 7.92. The van der Waals surface area contributed by atoms with Crippen LogP contribution >= 0.6 is 0 Å². The van der Waals surface area contributed by atoms with Crippen molar-refractivity contribution in [3.63, 3.8) is 0 Å². The third-order valence-corrected chi connectivity index (χ3v) is 8.83. The van der Waals surface area contributed by atoms with Crippen LogP contribution in [0.15, 0.2) is 77.7 Å². The van der Waals surface area contributed by atoms with Gasteiger partial charge >= 0.3 is 0 Å². The molecule has 7 nitrogen and oxygen atoms in total. The van der Waals surface area contributed by atoms with Gasteiger partial charge in [-0.1, -0.05) is 74.4 Å². The van der Waals surface area contributed by atoms with Crippen LogP contribution in [0.2, 0.25) is 0 Å². The van der Waals surface area contributed by atoms with Gasteiger partial charge < -0.3 is 10.2 Å². The first-order chi connectivity index (χ1) is 19.1. The summed E-state index contributed by atoms with van der Waals surface area (Å²) in [6.07, 6.45) is 2.17. The Labute approximate surface area is 239 Å². The fourth-order valence-electron chi connectivity index (χ4n) is 4.56. The Kier molecular flexibility index (Phi) is 10.9. The molecule has 0 unspecified atom stereocenters. The van der Waals surface area contributed by atoms with Gasteiger partial charge in [0.05, 0.1) is 10.6 Å². The highest BCUT2D eigenvalue weighted by atomic mass is 32.2. The summed E-state index contributed by atoms with van der Waals surface area (Å²) < 4.78 is 29.0. The molecule has 8 heteroatoms. The van der Waals surface area contributed by atoms with Gasteiger partial charge in [-0.05, 0) is 74.6 Å². The molecule has 0 heterocycles. The lowest BCUT2D eigenvalue weighted by Crippen LogP contribution is -2.52. The lowest BCUT2D eigenvalue weighted by atomic mass is 10.1. The van der Waals surface area contributed by atoms with Crippen LogP contribution in [0.25, 0.3) is 0 Å². The van der Waals surface area contributed by atoms with E-state index in [2.05, 4.69) is 5.32 Å². The Morgan fingerprint density at radius 1 is 0.875 bits per heavy atom. The van der Waals surface area contributed by atoms with Crippen LogP contribution in [0.3, 0.4) is 0 Å². The summed E-state index contributed by atoms with van der Waals surface area (Å²) in [6.45, 7) is 10.0. The van der Waals surface area contributed by atoms with Gasteiger partial charge in [-0.2, -0.15) is 0 Å². The van der Waals surface area contributed by atoms with Crippen molar-refractivity contribution in [2.45, 2.75) is 71.4 Å². The fraction of sp³-hybridized carbons (Fsp3) is 0.375. The summed E-state index contributed by atoms with van der Waals surface area (Å²) in [5.41, 5.74) is 4.24. The molecule has 40 heavy (non-hydrogen) atoms. The zero-order valence-electron chi connectivity index (χ0n) is 24.2. The van der Waals surface area contributed by atoms with Crippen LogP contribution in [-0.2, 0) is 26.2 Å². The quantitative estimate of drug-likeness (QED) is 0.277. The number of aryl methyl sites for hydroxylation is 3. The maximum Gasteiger partial charge on any atom is 0.264 e. The molecule has 3 rings (SSSR count). The van der Waals surface area contributed by atoms with Crippen molar-refractivity contribution in [1.82, 2.24) is 10.2 Å². The first-order valence-corrected chi connectivity index (χ1v) is 15.3. The van der Waals surface area contributed by atoms with E-state index < -0.39 is 28.5 Å². The normalized spacial score (nSPS) is 12.0. The molecule has 0 spiro atoms. The van der Waals surface area contributed by atoms with Crippen LogP contribution < -0.4 is 9.62 Å². The number of amides is 2. The zero-order valence-corrected chi connectivity index (χ0v) is 25.0. The van der Waals surface area contributed by atoms with Crippen molar-refractivity contribution < 1.29 is 18.0 Å². The summed E-state index contributed by atoms with van der Waals surface area (Å²) in [4.78, 5) is 29.0. The topological polar surface area (TPSA) is 86.8 Å². The first-order valence-electron chi connectivity index (χ1n) is 13.9. The Hall–Kier alpha value is -3.65. The maximum atomic E-state index is 14.1. The first kappa shape index (κ1) is 30.9. The minimum Gasteiger partial charge on any atom is -0.354 e. The molecule has 0 saturated heterocycles. The van der Waals surface area contributed by atoms with E-state index in [1.165, 1.54) is 17.0 Å². The molecule has 0 saturated carbocycles. The van der Waals surface area contributed by atoms with Gasteiger partial charge in [-0.15, -0.1) is 0 Å². The fourth-order valence-corrected chi connectivity index (χ4v) is 5.99. The Bertz CT molecular complexity index is 1410. The zero-order chi connectivity index (χ0) is 29.3. The highest BCUT2D eigenvalue weighted by Crippen LogP contribution is 2.26. The minimum absolute atomic E-state index is 0.0932. The van der Waals surface area contributed by atoms with Gasteiger partial charge in [0.25, 0.3) is 10.0 Å². The molecule has 0 bridgehead atoms. The van der Waals surface area contributed by atoms with Crippen molar-refractivity contribution in [3.05, 3.63) is 95.1 Å². The van der Waals surface area contributed by atoms with Crippen molar-refractivity contribution in [2.24, 2.45) is 0 Å². The van der Waals surface area contributed by atoms with Gasteiger partial charge in [0.15, 0.2) is 0 Å². The molecule has 0 fully saturated rings. The van der Waals surface area contributed by atoms with Gasteiger partial charge in [-0.3, -0.25) is 13.9 Å². The molecule has 0 radical (unpaired) electrons. The predicted octanol–water partition coefficient (Wildman–Crippen LogP) is 5.53. The Morgan fingerprint density at radius 2 is 1.60 bits per heavy atom. The number of nitrogens with one attached hydrogen (secondary N) is 1. The average Bonchev–Trinajstić information content (AvgIpc) is 2.93. The van der Waals surface area contributed by atoms with E-state index in [4.69, 9.17) is 0 Å². The van der Waals surface area contributed by atoms with E-state index in [0.29, 0.717) is 18.7 Å². The smallest absolute Gasteiger partial charge is 0.264 e. The summed E-state index contributed by atoms with van der Waals surface area (Å²) >= 11 is 0. The molecule has 0 aliphatic rings. The molecular weight excluding hydrogens is 522 g/mol. The van der Waals surface area contributed by atoms with Gasteiger partial charge in [-0.25, -0.2) is 8.42 Å². The Balaban J connectivity index is 2.05. The van der Waals surface area contributed by atoms with Crippen molar-refractivity contribution >= 4 is 27.5 Å². The summed E-state index contributed by atoms with van der Waals surface area (Å²) in [5, 5.41) is 2.96. The molecule has 0 aromatic heterocycles.